The number of carbonyl (C=O) groups is 1. The van der Waals surface area contributed by atoms with Crippen LogP contribution in [-0.2, 0) is 0 Å². The van der Waals surface area contributed by atoms with E-state index in [2.05, 4.69) is 25.2 Å². The van der Waals surface area contributed by atoms with Gasteiger partial charge in [0.05, 0.1) is 0 Å². The van der Waals surface area contributed by atoms with Gasteiger partial charge in [0.1, 0.15) is 17.3 Å². The van der Waals surface area contributed by atoms with Crippen molar-refractivity contribution in [2.45, 2.75) is 19.6 Å². The molecule has 0 aliphatic carbocycles. The van der Waals surface area contributed by atoms with Crippen LogP contribution in [0, 0.1) is 5.82 Å². The van der Waals surface area contributed by atoms with Crippen molar-refractivity contribution < 1.29 is 22.7 Å². The van der Waals surface area contributed by atoms with Crippen LogP contribution in [0.4, 0.5) is 29.5 Å². The minimum atomic E-state index is -2.90. The number of nitrogens with zero attached hydrogens (tertiary/aromatic N) is 4. The fraction of sp³-hybridized carbons (Fsp3) is 0.222. The van der Waals surface area contributed by atoms with Crippen molar-refractivity contribution in [2.75, 3.05) is 29.9 Å². The fourth-order valence-electron chi connectivity index (χ4n) is 4.51. The molecule has 1 N–H and O–H groups in total. The van der Waals surface area contributed by atoms with E-state index in [1.165, 1.54) is 36.4 Å². The number of hydrogen-bond donors (Lipinski definition) is 1. The average molecular weight is 544 g/mol. The van der Waals surface area contributed by atoms with E-state index in [0.29, 0.717) is 31.0 Å². The predicted octanol–water partition coefficient (Wildman–Crippen LogP) is 6.20. The number of fused-ring (bicyclic) bond motifs is 1. The monoisotopic (exact) mass is 543 g/mol. The van der Waals surface area contributed by atoms with Crippen molar-refractivity contribution in [3.8, 4) is 17.0 Å². The van der Waals surface area contributed by atoms with Gasteiger partial charge in [0.2, 0.25) is 0 Å². The number of nitrogens with one attached hydrogen (secondary N) is 1. The zero-order chi connectivity index (χ0) is 25.9. The molecule has 2 heterocycles. The van der Waals surface area contributed by atoms with Gasteiger partial charge >= 0.3 is 12.6 Å². The molecule has 0 saturated carbocycles. The van der Waals surface area contributed by atoms with Crippen LogP contribution in [0.15, 0.2) is 72.8 Å². The normalized spacial score (nSPS) is 15.3. The first kappa shape index (κ1) is 27.0. The molecule has 1 fully saturated rings. The van der Waals surface area contributed by atoms with Gasteiger partial charge in [-0.15, -0.1) is 22.6 Å². The van der Waals surface area contributed by atoms with Gasteiger partial charge in [0, 0.05) is 47.7 Å². The Labute approximate surface area is 223 Å². The SMILES string of the molecule is CC1CN(c2nnc(-c3ccc(F)cc3)c3ccccc23)CCN1C(=O)Nc1ccc(OC(F)F)cc1.Cl. The molecule has 1 aliphatic rings. The third-order valence-corrected chi connectivity index (χ3v) is 6.30. The Bertz CT molecular complexity index is 1410. The summed E-state index contributed by atoms with van der Waals surface area (Å²) in [6.45, 7) is 0.596. The zero-order valence-electron chi connectivity index (χ0n) is 20.4. The summed E-state index contributed by atoms with van der Waals surface area (Å²) in [5, 5.41) is 13.6. The van der Waals surface area contributed by atoms with Crippen molar-refractivity contribution in [1.82, 2.24) is 15.1 Å². The smallest absolute Gasteiger partial charge is 0.387 e. The standard InChI is InChI=1S/C27H24F3N5O2.ClH/c1-17-16-34(14-15-35(17)27(36)31-20-10-12-21(13-11-20)37-26(29)30)25-23-5-3-2-4-22(23)24(32-33-25)18-6-8-19(28)9-7-18;/h2-13,17,26H,14-16H2,1H3,(H,31,36);1H. The Morgan fingerprint density at radius 2 is 1.66 bits per heavy atom. The van der Waals surface area contributed by atoms with Crippen LogP contribution in [0.25, 0.3) is 22.0 Å². The maximum absolute atomic E-state index is 13.4. The highest BCUT2D eigenvalue weighted by Crippen LogP contribution is 2.32. The summed E-state index contributed by atoms with van der Waals surface area (Å²) in [5.74, 6) is 0.433. The molecule has 4 aromatic rings. The lowest BCUT2D eigenvalue weighted by Gasteiger charge is -2.40. The lowest BCUT2D eigenvalue weighted by molar-refractivity contribution is -0.0498. The van der Waals surface area contributed by atoms with Gasteiger partial charge in [-0.05, 0) is 55.5 Å². The lowest BCUT2D eigenvalue weighted by Crippen LogP contribution is -2.55. The van der Waals surface area contributed by atoms with E-state index < -0.39 is 6.61 Å². The minimum Gasteiger partial charge on any atom is -0.435 e. The first-order valence-corrected chi connectivity index (χ1v) is 11.8. The van der Waals surface area contributed by atoms with E-state index in [1.54, 1.807) is 17.0 Å². The number of piperazine rings is 1. The van der Waals surface area contributed by atoms with Crippen LogP contribution in [0.3, 0.4) is 0 Å². The Balaban J connectivity index is 0.00000336. The van der Waals surface area contributed by atoms with Gasteiger partial charge in [-0.25, -0.2) is 9.18 Å². The van der Waals surface area contributed by atoms with E-state index in [1.807, 2.05) is 31.2 Å². The molecule has 0 radical (unpaired) electrons. The zero-order valence-corrected chi connectivity index (χ0v) is 21.2. The number of amides is 2. The molecular formula is C27H25ClF3N5O2. The number of halogens is 4. The topological polar surface area (TPSA) is 70.6 Å². The minimum absolute atomic E-state index is 0. The molecule has 1 atom stereocenters. The van der Waals surface area contributed by atoms with Gasteiger partial charge in [0.15, 0.2) is 5.82 Å². The van der Waals surface area contributed by atoms with E-state index in [-0.39, 0.29) is 36.0 Å². The summed E-state index contributed by atoms with van der Waals surface area (Å²) >= 11 is 0. The number of carbonyl (C=O) groups excluding carboxylic acids is 1. The van der Waals surface area contributed by atoms with Gasteiger partial charge < -0.3 is 19.9 Å². The summed E-state index contributed by atoms with van der Waals surface area (Å²) in [4.78, 5) is 16.7. The van der Waals surface area contributed by atoms with Gasteiger partial charge in [-0.1, -0.05) is 24.3 Å². The molecule has 3 aromatic carbocycles. The molecule has 1 aliphatic heterocycles. The average Bonchev–Trinajstić information content (AvgIpc) is 2.89. The van der Waals surface area contributed by atoms with E-state index in [4.69, 9.17) is 0 Å². The number of ether oxygens (including phenoxy) is 1. The molecule has 5 rings (SSSR count). The third-order valence-electron chi connectivity index (χ3n) is 6.30. The first-order valence-electron chi connectivity index (χ1n) is 11.8. The summed E-state index contributed by atoms with van der Waals surface area (Å²) < 4.78 is 42.5. The highest BCUT2D eigenvalue weighted by Gasteiger charge is 2.29. The molecule has 11 heteroatoms. The molecular weight excluding hydrogens is 519 g/mol. The second-order valence-electron chi connectivity index (χ2n) is 8.75. The van der Waals surface area contributed by atoms with Crippen LogP contribution in [0.2, 0.25) is 0 Å². The molecule has 198 valence electrons. The number of benzene rings is 3. The Hall–Kier alpha value is -4.05. The molecule has 1 aromatic heterocycles. The highest BCUT2D eigenvalue weighted by atomic mass is 35.5. The van der Waals surface area contributed by atoms with Crippen molar-refractivity contribution in [3.63, 3.8) is 0 Å². The van der Waals surface area contributed by atoms with Crippen molar-refractivity contribution in [2.24, 2.45) is 0 Å². The van der Waals surface area contributed by atoms with E-state index in [9.17, 15) is 18.0 Å². The van der Waals surface area contributed by atoms with Crippen LogP contribution in [0.5, 0.6) is 5.75 Å². The molecule has 38 heavy (non-hydrogen) atoms. The Morgan fingerprint density at radius 1 is 0.974 bits per heavy atom. The van der Waals surface area contributed by atoms with Crippen LogP contribution >= 0.6 is 12.4 Å². The third kappa shape index (κ3) is 5.75. The van der Waals surface area contributed by atoms with Crippen molar-refractivity contribution >= 4 is 40.7 Å². The molecule has 1 saturated heterocycles. The molecule has 7 nitrogen and oxygen atoms in total. The molecule has 0 bridgehead atoms. The first-order chi connectivity index (χ1) is 17.9. The van der Waals surface area contributed by atoms with E-state index in [0.717, 1.165) is 22.2 Å². The van der Waals surface area contributed by atoms with Gasteiger partial charge in [-0.2, -0.15) is 8.78 Å². The molecule has 1 unspecified atom stereocenters. The molecule has 2 amide bonds. The maximum Gasteiger partial charge on any atom is 0.387 e. The number of aromatic nitrogens is 2. The number of alkyl halides is 2. The van der Waals surface area contributed by atoms with Crippen molar-refractivity contribution in [1.29, 1.82) is 0 Å². The second-order valence-corrected chi connectivity index (χ2v) is 8.75. The lowest BCUT2D eigenvalue weighted by atomic mass is 10.0. The fourth-order valence-corrected chi connectivity index (χ4v) is 4.51. The quantitative estimate of drug-likeness (QED) is 0.324. The second kappa shape index (κ2) is 11.6. The largest absolute Gasteiger partial charge is 0.435 e. The number of urea groups is 1. The van der Waals surface area contributed by atoms with Crippen molar-refractivity contribution in [3.05, 3.63) is 78.6 Å². The number of hydrogen-bond acceptors (Lipinski definition) is 5. The van der Waals surface area contributed by atoms with Crippen LogP contribution in [0.1, 0.15) is 6.92 Å². The molecule has 0 spiro atoms. The number of rotatable bonds is 5. The van der Waals surface area contributed by atoms with Gasteiger partial charge in [0.25, 0.3) is 0 Å². The Kier molecular flexibility index (Phi) is 8.21. The number of anilines is 2. The summed E-state index contributed by atoms with van der Waals surface area (Å²) in [6.07, 6.45) is 0. The summed E-state index contributed by atoms with van der Waals surface area (Å²) in [5.41, 5.74) is 1.94. The summed E-state index contributed by atoms with van der Waals surface area (Å²) in [6, 6.07) is 19.4. The summed E-state index contributed by atoms with van der Waals surface area (Å²) in [7, 11) is 0. The van der Waals surface area contributed by atoms with Gasteiger partial charge in [-0.3, -0.25) is 0 Å². The Morgan fingerprint density at radius 3 is 2.32 bits per heavy atom. The predicted molar refractivity (Wildman–Crippen MR) is 143 cm³/mol. The van der Waals surface area contributed by atoms with Crippen LogP contribution in [-0.4, -0.2) is 53.4 Å². The highest BCUT2D eigenvalue weighted by molar-refractivity contribution is 6.00. The van der Waals surface area contributed by atoms with Crippen LogP contribution < -0.4 is 15.0 Å². The maximum atomic E-state index is 13.4. The van der Waals surface area contributed by atoms with E-state index >= 15 is 0 Å².